The first-order chi connectivity index (χ1) is 9.47. The summed E-state index contributed by atoms with van der Waals surface area (Å²) in [5.74, 6) is 0.689. The normalized spacial score (nSPS) is 10.8. The SMILES string of the molecule is Cc1cc(CCCC(N)=O)nc(-n2c(C)ccc2C)c1. The fraction of sp³-hybridized carbons (Fsp3) is 0.375. The summed E-state index contributed by atoms with van der Waals surface area (Å²) < 4.78 is 2.14. The Morgan fingerprint density at radius 3 is 2.45 bits per heavy atom. The molecular weight excluding hydrogens is 250 g/mol. The van der Waals surface area contributed by atoms with Gasteiger partial charge >= 0.3 is 0 Å². The van der Waals surface area contributed by atoms with E-state index in [9.17, 15) is 4.79 Å². The van der Waals surface area contributed by atoms with Crippen molar-refractivity contribution in [2.75, 3.05) is 0 Å². The Labute approximate surface area is 119 Å². The minimum Gasteiger partial charge on any atom is -0.370 e. The molecule has 2 aromatic heterocycles. The van der Waals surface area contributed by atoms with Crippen LogP contribution in [-0.4, -0.2) is 15.5 Å². The van der Waals surface area contributed by atoms with Gasteiger partial charge in [-0.3, -0.25) is 4.79 Å². The number of rotatable bonds is 5. The average Bonchev–Trinajstić information content (AvgIpc) is 2.68. The first-order valence-electron chi connectivity index (χ1n) is 6.88. The van der Waals surface area contributed by atoms with E-state index < -0.39 is 0 Å². The number of aryl methyl sites for hydroxylation is 4. The van der Waals surface area contributed by atoms with Crippen LogP contribution < -0.4 is 5.73 Å². The summed E-state index contributed by atoms with van der Waals surface area (Å²) in [6.07, 6.45) is 1.93. The summed E-state index contributed by atoms with van der Waals surface area (Å²) in [6.45, 7) is 6.21. The monoisotopic (exact) mass is 271 g/mol. The fourth-order valence-electron chi connectivity index (χ4n) is 2.44. The number of hydrogen-bond donors (Lipinski definition) is 1. The number of carbonyl (C=O) groups is 1. The molecule has 2 aromatic rings. The highest BCUT2D eigenvalue weighted by molar-refractivity contribution is 5.73. The second-order valence-corrected chi connectivity index (χ2v) is 5.27. The third kappa shape index (κ3) is 3.26. The van der Waals surface area contributed by atoms with Crippen molar-refractivity contribution in [3.8, 4) is 5.82 Å². The Morgan fingerprint density at radius 1 is 1.20 bits per heavy atom. The molecule has 20 heavy (non-hydrogen) atoms. The summed E-state index contributed by atoms with van der Waals surface area (Å²) in [7, 11) is 0. The molecule has 0 bridgehead atoms. The number of nitrogens with zero attached hydrogens (tertiary/aromatic N) is 2. The molecule has 2 heterocycles. The number of nitrogens with two attached hydrogens (primary N) is 1. The summed E-state index contributed by atoms with van der Waals surface area (Å²) in [6, 6.07) is 8.33. The first-order valence-corrected chi connectivity index (χ1v) is 6.88. The van der Waals surface area contributed by atoms with Crippen LogP contribution in [0.1, 0.15) is 35.5 Å². The molecule has 2 N–H and O–H groups in total. The van der Waals surface area contributed by atoms with Gasteiger partial charge in [-0.2, -0.15) is 0 Å². The van der Waals surface area contributed by atoms with Crippen LogP contribution in [-0.2, 0) is 11.2 Å². The van der Waals surface area contributed by atoms with Gasteiger partial charge in [0.25, 0.3) is 0 Å². The Bertz CT molecular complexity index is 609. The number of pyridine rings is 1. The highest BCUT2D eigenvalue weighted by Gasteiger charge is 2.08. The van der Waals surface area contributed by atoms with Crippen molar-refractivity contribution in [3.63, 3.8) is 0 Å². The van der Waals surface area contributed by atoms with E-state index >= 15 is 0 Å². The van der Waals surface area contributed by atoms with Crippen molar-refractivity contribution in [3.05, 3.63) is 46.9 Å². The minimum absolute atomic E-state index is 0.255. The molecule has 0 unspecified atom stereocenters. The lowest BCUT2D eigenvalue weighted by atomic mass is 10.1. The topological polar surface area (TPSA) is 60.9 Å². The molecule has 0 aromatic carbocycles. The minimum atomic E-state index is -0.255. The molecule has 1 amide bonds. The maximum absolute atomic E-state index is 10.8. The van der Waals surface area contributed by atoms with Gasteiger partial charge in [-0.15, -0.1) is 0 Å². The lowest BCUT2D eigenvalue weighted by molar-refractivity contribution is -0.118. The van der Waals surface area contributed by atoms with Gasteiger partial charge in [-0.05, 0) is 63.4 Å². The van der Waals surface area contributed by atoms with E-state index in [1.165, 1.54) is 17.0 Å². The van der Waals surface area contributed by atoms with E-state index in [0.717, 1.165) is 24.4 Å². The van der Waals surface area contributed by atoms with Gasteiger partial charge in [-0.25, -0.2) is 4.98 Å². The van der Waals surface area contributed by atoms with Crippen LogP contribution in [0.5, 0.6) is 0 Å². The Balaban J connectivity index is 2.27. The number of amides is 1. The quantitative estimate of drug-likeness (QED) is 0.908. The number of hydrogen-bond acceptors (Lipinski definition) is 2. The Morgan fingerprint density at radius 2 is 1.85 bits per heavy atom. The highest BCUT2D eigenvalue weighted by Crippen LogP contribution is 2.17. The van der Waals surface area contributed by atoms with Gasteiger partial charge in [0.15, 0.2) is 0 Å². The molecule has 2 rings (SSSR count). The Hall–Kier alpha value is -2.10. The third-order valence-corrected chi connectivity index (χ3v) is 3.37. The van der Waals surface area contributed by atoms with E-state index in [1.54, 1.807) is 0 Å². The van der Waals surface area contributed by atoms with Crippen molar-refractivity contribution in [1.29, 1.82) is 0 Å². The van der Waals surface area contributed by atoms with Gasteiger partial charge in [0.05, 0.1) is 0 Å². The molecule has 0 aliphatic rings. The predicted octanol–water partition coefficient (Wildman–Crippen LogP) is 2.61. The zero-order chi connectivity index (χ0) is 14.7. The molecule has 106 valence electrons. The van der Waals surface area contributed by atoms with Crippen molar-refractivity contribution >= 4 is 5.91 Å². The average molecular weight is 271 g/mol. The van der Waals surface area contributed by atoms with Crippen molar-refractivity contribution in [2.45, 2.75) is 40.0 Å². The van der Waals surface area contributed by atoms with E-state index in [0.29, 0.717) is 6.42 Å². The molecule has 0 radical (unpaired) electrons. The lowest BCUT2D eigenvalue weighted by Gasteiger charge is -2.11. The van der Waals surface area contributed by atoms with Crippen molar-refractivity contribution < 1.29 is 4.79 Å². The maximum Gasteiger partial charge on any atom is 0.217 e. The Kier molecular flexibility index (Phi) is 4.23. The van der Waals surface area contributed by atoms with Gasteiger partial charge in [-0.1, -0.05) is 0 Å². The summed E-state index contributed by atoms with van der Waals surface area (Å²) >= 11 is 0. The highest BCUT2D eigenvalue weighted by atomic mass is 16.1. The smallest absolute Gasteiger partial charge is 0.217 e. The second kappa shape index (κ2) is 5.90. The van der Waals surface area contributed by atoms with Crippen LogP contribution in [0.2, 0.25) is 0 Å². The molecule has 0 aliphatic carbocycles. The van der Waals surface area contributed by atoms with Crippen LogP contribution in [0, 0.1) is 20.8 Å². The van der Waals surface area contributed by atoms with Gasteiger partial charge in [0.1, 0.15) is 5.82 Å². The van der Waals surface area contributed by atoms with Crippen LogP contribution in [0.15, 0.2) is 24.3 Å². The van der Waals surface area contributed by atoms with Crippen molar-refractivity contribution in [2.24, 2.45) is 5.73 Å². The van der Waals surface area contributed by atoms with Crippen LogP contribution >= 0.6 is 0 Å². The number of carbonyl (C=O) groups excluding carboxylic acids is 1. The number of primary amides is 1. The molecular formula is C16H21N3O. The molecule has 4 nitrogen and oxygen atoms in total. The molecule has 0 saturated carbocycles. The fourth-order valence-corrected chi connectivity index (χ4v) is 2.44. The summed E-state index contributed by atoms with van der Waals surface area (Å²) in [4.78, 5) is 15.5. The van der Waals surface area contributed by atoms with E-state index in [4.69, 9.17) is 10.7 Å². The predicted molar refractivity (Wildman–Crippen MR) is 79.9 cm³/mol. The molecule has 4 heteroatoms. The molecule has 0 fully saturated rings. The molecule has 0 aliphatic heterocycles. The van der Waals surface area contributed by atoms with Gasteiger partial charge < -0.3 is 10.3 Å². The third-order valence-electron chi connectivity index (χ3n) is 3.37. The lowest BCUT2D eigenvalue weighted by Crippen LogP contribution is -2.10. The summed E-state index contributed by atoms with van der Waals surface area (Å²) in [5, 5.41) is 0. The number of aromatic nitrogens is 2. The van der Waals surface area contributed by atoms with Crippen LogP contribution in [0.3, 0.4) is 0 Å². The zero-order valence-electron chi connectivity index (χ0n) is 12.3. The van der Waals surface area contributed by atoms with Crippen molar-refractivity contribution in [1.82, 2.24) is 9.55 Å². The van der Waals surface area contributed by atoms with E-state index in [-0.39, 0.29) is 5.91 Å². The molecule has 0 atom stereocenters. The van der Waals surface area contributed by atoms with E-state index in [2.05, 4.69) is 49.6 Å². The molecule has 0 saturated heterocycles. The zero-order valence-corrected chi connectivity index (χ0v) is 12.3. The van der Waals surface area contributed by atoms with Crippen LogP contribution in [0.25, 0.3) is 5.82 Å². The largest absolute Gasteiger partial charge is 0.370 e. The molecule has 0 spiro atoms. The maximum atomic E-state index is 10.8. The second-order valence-electron chi connectivity index (χ2n) is 5.27. The van der Waals surface area contributed by atoms with Crippen LogP contribution in [0.4, 0.5) is 0 Å². The van der Waals surface area contributed by atoms with Gasteiger partial charge in [0, 0.05) is 23.5 Å². The van der Waals surface area contributed by atoms with E-state index in [1.807, 2.05) is 0 Å². The standard InChI is InChI=1S/C16H21N3O/c1-11-9-14(5-4-6-15(17)20)18-16(10-11)19-12(2)7-8-13(19)3/h7-10H,4-6H2,1-3H3,(H2,17,20). The van der Waals surface area contributed by atoms with Gasteiger partial charge in [0.2, 0.25) is 5.91 Å². The first kappa shape index (κ1) is 14.3. The summed E-state index contributed by atoms with van der Waals surface area (Å²) in [5.41, 5.74) is 9.70.